The number of imide groups is 3. The predicted octanol–water partition coefficient (Wildman–Crippen LogP) is 4.85. The second-order valence-electron chi connectivity index (χ2n) is 10.2. The molecule has 218 valence electrons. The molecule has 45 heavy (non-hydrogen) atoms. The van der Waals surface area contributed by atoms with Gasteiger partial charge < -0.3 is 0 Å². The standard InChI is InChI=1S/C32H13Cl2N3O8/c33-25(38)14-5-7-21-23(9-14)31(44)36(29(21)42)17-11-16(35-27(40)19-3-1-2-4-20(19)28(35)41)12-18(13-17)37-30(43)22-8-6-15(26(34)39)10-24(22)32(37)45/h1-13H. The minimum absolute atomic E-state index is 0.0281. The summed E-state index contributed by atoms with van der Waals surface area (Å²) in [6.45, 7) is 0. The first kappa shape index (κ1) is 28.0. The molecule has 11 nitrogen and oxygen atoms in total. The lowest BCUT2D eigenvalue weighted by Gasteiger charge is -2.23. The molecule has 0 atom stereocenters. The summed E-state index contributed by atoms with van der Waals surface area (Å²) in [4.78, 5) is 107. The van der Waals surface area contributed by atoms with E-state index in [0.717, 1.165) is 14.7 Å². The molecule has 6 amide bonds. The normalized spacial score (nSPS) is 15.2. The van der Waals surface area contributed by atoms with E-state index in [4.69, 9.17) is 23.2 Å². The highest BCUT2D eigenvalue weighted by Gasteiger charge is 2.42. The Labute approximate surface area is 262 Å². The average Bonchev–Trinajstić information content (AvgIpc) is 3.55. The maximum atomic E-state index is 13.6. The molecule has 0 bridgehead atoms. The highest BCUT2D eigenvalue weighted by molar-refractivity contribution is 6.68. The van der Waals surface area contributed by atoms with Crippen molar-refractivity contribution in [3.63, 3.8) is 0 Å². The van der Waals surface area contributed by atoms with E-state index in [1.165, 1.54) is 66.7 Å². The molecule has 0 saturated carbocycles. The Balaban J connectivity index is 1.39. The molecular formula is C32H13Cl2N3O8. The first-order chi connectivity index (χ1) is 21.5. The molecule has 0 saturated heterocycles. The fourth-order valence-corrected chi connectivity index (χ4v) is 5.82. The summed E-state index contributed by atoms with van der Waals surface area (Å²) < 4.78 is 0. The van der Waals surface area contributed by atoms with Crippen LogP contribution < -0.4 is 14.7 Å². The number of anilines is 3. The van der Waals surface area contributed by atoms with Gasteiger partial charge in [0.2, 0.25) is 0 Å². The smallest absolute Gasteiger partial charge is 0.266 e. The highest BCUT2D eigenvalue weighted by atomic mass is 35.5. The number of carbonyl (C=O) groups is 8. The minimum Gasteiger partial charge on any atom is -0.276 e. The zero-order valence-electron chi connectivity index (χ0n) is 22.4. The number of amides is 6. The van der Waals surface area contributed by atoms with Crippen molar-refractivity contribution in [3.8, 4) is 0 Å². The molecule has 3 aliphatic heterocycles. The lowest BCUT2D eigenvalue weighted by atomic mass is 10.1. The van der Waals surface area contributed by atoms with Gasteiger partial charge in [-0.2, -0.15) is 0 Å². The maximum absolute atomic E-state index is 13.6. The van der Waals surface area contributed by atoms with Gasteiger partial charge in [-0.1, -0.05) is 12.1 Å². The monoisotopic (exact) mass is 637 g/mol. The molecule has 3 heterocycles. The number of benzene rings is 4. The van der Waals surface area contributed by atoms with Gasteiger partial charge >= 0.3 is 0 Å². The van der Waals surface area contributed by atoms with Gasteiger partial charge in [0.05, 0.1) is 50.4 Å². The van der Waals surface area contributed by atoms with Crippen LogP contribution in [0.1, 0.15) is 82.9 Å². The molecule has 7 rings (SSSR count). The third-order valence-electron chi connectivity index (χ3n) is 7.68. The summed E-state index contributed by atoms with van der Waals surface area (Å²) in [7, 11) is 0. The van der Waals surface area contributed by atoms with E-state index in [1.54, 1.807) is 12.1 Å². The second kappa shape index (κ2) is 9.88. The molecule has 0 radical (unpaired) electrons. The third-order valence-corrected chi connectivity index (χ3v) is 8.12. The van der Waals surface area contributed by atoms with E-state index in [0.29, 0.717) is 0 Å². The molecule has 3 aliphatic rings. The van der Waals surface area contributed by atoms with Crippen molar-refractivity contribution >= 4 is 86.2 Å². The van der Waals surface area contributed by atoms with Crippen molar-refractivity contribution in [3.05, 3.63) is 123 Å². The van der Waals surface area contributed by atoms with Crippen molar-refractivity contribution in [1.29, 1.82) is 0 Å². The maximum Gasteiger partial charge on any atom is 0.266 e. The summed E-state index contributed by atoms with van der Waals surface area (Å²) in [5.41, 5.74) is -0.707. The van der Waals surface area contributed by atoms with Crippen molar-refractivity contribution in [1.82, 2.24) is 0 Å². The van der Waals surface area contributed by atoms with Crippen LogP contribution in [0.2, 0.25) is 0 Å². The third kappa shape index (κ3) is 4.05. The summed E-state index contributed by atoms with van der Waals surface area (Å²) in [5, 5.41) is -1.70. The van der Waals surface area contributed by atoms with Crippen LogP contribution in [0.15, 0.2) is 78.9 Å². The Kier molecular flexibility index (Phi) is 6.15. The van der Waals surface area contributed by atoms with Gasteiger partial charge in [0, 0.05) is 11.1 Å². The summed E-state index contributed by atoms with van der Waals surface area (Å²) in [6, 6.07) is 17.1. The topological polar surface area (TPSA) is 146 Å². The van der Waals surface area contributed by atoms with E-state index in [2.05, 4.69) is 0 Å². The van der Waals surface area contributed by atoms with Gasteiger partial charge in [-0.05, 0) is 89.9 Å². The molecule has 0 aromatic heterocycles. The van der Waals surface area contributed by atoms with Crippen LogP contribution in [0, 0.1) is 0 Å². The molecule has 0 spiro atoms. The molecule has 13 heteroatoms. The molecule has 4 aromatic rings. The van der Waals surface area contributed by atoms with Crippen LogP contribution in [0.25, 0.3) is 0 Å². The fraction of sp³-hybridized carbons (Fsp3) is 0. The van der Waals surface area contributed by atoms with Gasteiger partial charge in [0.15, 0.2) is 0 Å². The summed E-state index contributed by atoms with van der Waals surface area (Å²) in [5.74, 6) is -4.73. The van der Waals surface area contributed by atoms with E-state index in [-0.39, 0.29) is 61.6 Å². The van der Waals surface area contributed by atoms with Crippen LogP contribution in [0.3, 0.4) is 0 Å². The lowest BCUT2D eigenvalue weighted by molar-refractivity contribution is 0.0912. The lowest BCUT2D eigenvalue weighted by Crippen LogP contribution is -2.34. The first-order valence-electron chi connectivity index (χ1n) is 13.1. The van der Waals surface area contributed by atoms with E-state index >= 15 is 0 Å². The number of nitrogens with zero attached hydrogens (tertiary/aromatic N) is 3. The van der Waals surface area contributed by atoms with E-state index < -0.39 is 45.9 Å². The highest BCUT2D eigenvalue weighted by Crippen LogP contribution is 2.40. The largest absolute Gasteiger partial charge is 0.276 e. The molecule has 0 N–H and O–H groups in total. The molecule has 4 aromatic carbocycles. The van der Waals surface area contributed by atoms with Crippen LogP contribution in [-0.2, 0) is 0 Å². The van der Waals surface area contributed by atoms with Gasteiger partial charge in [-0.25, -0.2) is 14.7 Å². The molecule has 0 fully saturated rings. The number of rotatable bonds is 5. The average molecular weight is 638 g/mol. The Morgan fingerprint density at radius 2 is 0.689 bits per heavy atom. The fourth-order valence-electron chi connectivity index (χ4n) is 5.59. The molecule has 0 unspecified atom stereocenters. The van der Waals surface area contributed by atoms with Crippen LogP contribution >= 0.6 is 23.2 Å². The van der Waals surface area contributed by atoms with Crippen LogP contribution in [-0.4, -0.2) is 45.9 Å². The Hall–Kier alpha value is -5.78. The first-order valence-corrected chi connectivity index (χ1v) is 13.8. The number of fused-ring (bicyclic) bond motifs is 3. The predicted molar refractivity (Wildman–Crippen MR) is 160 cm³/mol. The quantitative estimate of drug-likeness (QED) is 0.223. The van der Waals surface area contributed by atoms with E-state index in [9.17, 15) is 38.4 Å². The SMILES string of the molecule is O=C(Cl)c1ccc2c(c1)C(=O)N(c1cc(N3C(=O)c4ccccc4C3=O)cc(N3C(=O)c4ccc(C(=O)Cl)cc4C3=O)c1)C2=O. The van der Waals surface area contributed by atoms with Gasteiger partial charge in [0.1, 0.15) is 0 Å². The zero-order chi connectivity index (χ0) is 31.9. The van der Waals surface area contributed by atoms with Crippen molar-refractivity contribution in [2.24, 2.45) is 0 Å². The number of hydrogen-bond donors (Lipinski definition) is 0. The Morgan fingerprint density at radius 1 is 0.400 bits per heavy atom. The minimum atomic E-state index is -0.854. The van der Waals surface area contributed by atoms with Gasteiger partial charge in [-0.15, -0.1) is 0 Å². The number of halogens is 2. The van der Waals surface area contributed by atoms with Crippen molar-refractivity contribution in [2.45, 2.75) is 0 Å². The van der Waals surface area contributed by atoms with Crippen molar-refractivity contribution in [2.75, 3.05) is 14.7 Å². The van der Waals surface area contributed by atoms with Gasteiger partial charge in [0.25, 0.3) is 45.9 Å². The van der Waals surface area contributed by atoms with Gasteiger partial charge in [-0.3, -0.25) is 38.4 Å². The number of hydrogen-bond acceptors (Lipinski definition) is 8. The zero-order valence-corrected chi connectivity index (χ0v) is 23.9. The molecular weight excluding hydrogens is 625 g/mol. The number of carbonyl (C=O) groups excluding carboxylic acids is 8. The summed E-state index contributed by atoms with van der Waals surface area (Å²) in [6.07, 6.45) is 0. The Morgan fingerprint density at radius 3 is 1.00 bits per heavy atom. The van der Waals surface area contributed by atoms with Crippen molar-refractivity contribution < 1.29 is 38.4 Å². The van der Waals surface area contributed by atoms with E-state index in [1.807, 2.05) is 0 Å². The second-order valence-corrected chi connectivity index (χ2v) is 10.8. The molecule has 0 aliphatic carbocycles. The van der Waals surface area contributed by atoms with Crippen LogP contribution in [0.5, 0.6) is 0 Å². The summed E-state index contributed by atoms with van der Waals surface area (Å²) >= 11 is 11.1. The van der Waals surface area contributed by atoms with Crippen LogP contribution in [0.4, 0.5) is 17.1 Å². The Bertz CT molecular complexity index is 2030.